The summed E-state index contributed by atoms with van der Waals surface area (Å²) < 4.78 is 27.2. The van der Waals surface area contributed by atoms with Crippen molar-refractivity contribution in [3.05, 3.63) is 64.7 Å². The van der Waals surface area contributed by atoms with Gasteiger partial charge in [-0.15, -0.1) is 0 Å². The lowest BCUT2D eigenvalue weighted by molar-refractivity contribution is -0.141. The van der Waals surface area contributed by atoms with Crippen LogP contribution in [0.1, 0.15) is 56.6 Å². The molecular formula is C27H36ClN3O4S. The summed E-state index contributed by atoms with van der Waals surface area (Å²) in [6.45, 7) is 3.53. The van der Waals surface area contributed by atoms with Gasteiger partial charge < -0.3 is 10.2 Å². The molecule has 7 nitrogen and oxygen atoms in total. The molecule has 2 aromatic rings. The van der Waals surface area contributed by atoms with Crippen LogP contribution in [0.4, 0.5) is 0 Å². The van der Waals surface area contributed by atoms with Gasteiger partial charge in [0.1, 0.15) is 6.04 Å². The number of likely N-dealkylation sites (N-methyl/N-ethyl adjacent to an activating group) is 1. The van der Waals surface area contributed by atoms with Crippen molar-refractivity contribution in [1.29, 1.82) is 0 Å². The van der Waals surface area contributed by atoms with E-state index in [9.17, 15) is 18.0 Å². The van der Waals surface area contributed by atoms with Gasteiger partial charge in [0.05, 0.1) is 11.4 Å². The molecule has 1 saturated carbocycles. The van der Waals surface area contributed by atoms with E-state index in [1.165, 1.54) is 30.5 Å². The van der Waals surface area contributed by atoms with Gasteiger partial charge >= 0.3 is 0 Å². The zero-order valence-corrected chi connectivity index (χ0v) is 22.8. The molecule has 3 rings (SSSR count). The normalized spacial score (nSPS) is 15.5. The van der Waals surface area contributed by atoms with E-state index in [1.807, 2.05) is 13.8 Å². The van der Waals surface area contributed by atoms with Crippen molar-refractivity contribution in [3.8, 4) is 0 Å². The van der Waals surface area contributed by atoms with Crippen molar-refractivity contribution < 1.29 is 18.0 Å². The Bertz CT molecular complexity index is 1130. The predicted octanol–water partition coefficient (Wildman–Crippen LogP) is 4.53. The summed E-state index contributed by atoms with van der Waals surface area (Å²) >= 11 is 6.03. The van der Waals surface area contributed by atoms with Gasteiger partial charge in [0.15, 0.2) is 0 Å². The van der Waals surface area contributed by atoms with E-state index in [0.717, 1.165) is 41.1 Å². The third-order valence-corrected chi connectivity index (χ3v) is 8.76. The predicted molar refractivity (Wildman–Crippen MR) is 142 cm³/mol. The Morgan fingerprint density at radius 2 is 1.64 bits per heavy atom. The van der Waals surface area contributed by atoms with Crippen LogP contribution in [0.5, 0.6) is 0 Å². The highest BCUT2D eigenvalue weighted by Crippen LogP contribution is 2.21. The van der Waals surface area contributed by atoms with Crippen LogP contribution in [0.2, 0.25) is 5.02 Å². The van der Waals surface area contributed by atoms with E-state index in [-0.39, 0.29) is 29.9 Å². The SMILES string of the molecule is CCC(C(=O)NC1CCCCC1)N(Cc1ccc(Cl)cc1)C(=O)CN(C)S(=O)(=O)c1ccc(C)cc1. The molecule has 0 bridgehead atoms. The van der Waals surface area contributed by atoms with E-state index in [4.69, 9.17) is 11.6 Å². The number of benzene rings is 2. The number of carbonyl (C=O) groups excluding carboxylic acids is 2. The number of carbonyl (C=O) groups is 2. The van der Waals surface area contributed by atoms with Gasteiger partial charge in [0.25, 0.3) is 0 Å². The van der Waals surface area contributed by atoms with Crippen LogP contribution in [0.3, 0.4) is 0 Å². The van der Waals surface area contributed by atoms with Crippen molar-refractivity contribution in [3.63, 3.8) is 0 Å². The second-order valence-corrected chi connectivity index (χ2v) is 12.0. The number of rotatable bonds is 10. The molecule has 1 aliphatic carbocycles. The maximum absolute atomic E-state index is 13.6. The number of aryl methyl sites for hydroxylation is 1. The molecule has 1 atom stereocenters. The number of hydrogen-bond donors (Lipinski definition) is 1. The molecule has 0 aromatic heterocycles. The lowest BCUT2D eigenvalue weighted by Gasteiger charge is -2.33. The molecule has 1 aliphatic rings. The second-order valence-electron chi connectivity index (χ2n) is 9.49. The van der Waals surface area contributed by atoms with Gasteiger partial charge in [-0.3, -0.25) is 9.59 Å². The van der Waals surface area contributed by atoms with Crippen molar-refractivity contribution >= 4 is 33.4 Å². The number of nitrogens with one attached hydrogen (secondary N) is 1. The number of amides is 2. The summed E-state index contributed by atoms with van der Waals surface area (Å²) in [4.78, 5) is 28.5. The number of hydrogen-bond acceptors (Lipinski definition) is 4. The van der Waals surface area contributed by atoms with Crippen LogP contribution in [-0.2, 0) is 26.2 Å². The topological polar surface area (TPSA) is 86.8 Å². The summed E-state index contributed by atoms with van der Waals surface area (Å²) in [7, 11) is -2.48. The van der Waals surface area contributed by atoms with Gasteiger partial charge in [-0.1, -0.05) is 67.6 Å². The fourth-order valence-electron chi connectivity index (χ4n) is 4.51. The van der Waals surface area contributed by atoms with Crippen LogP contribution in [0, 0.1) is 6.92 Å². The highest BCUT2D eigenvalue weighted by molar-refractivity contribution is 7.89. The van der Waals surface area contributed by atoms with Gasteiger partial charge in [-0.2, -0.15) is 4.31 Å². The highest BCUT2D eigenvalue weighted by Gasteiger charge is 2.32. The Balaban J connectivity index is 1.82. The fourth-order valence-corrected chi connectivity index (χ4v) is 5.75. The van der Waals surface area contributed by atoms with Crippen molar-refractivity contribution in [2.75, 3.05) is 13.6 Å². The minimum Gasteiger partial charge on any atom is -0.352 e. The first-order chi connectivity index (χ1) is 17.1. The molecule has 0 aliphatic heterocycles. The molecule has 9 heteroatoms. The molecule has 1 unspecified atom stereocenters. The second kappa shape index (κ2) is 12.7. The zero-order valence-electron chi connectivity index (χ0n) is 21.2. The first-order valence-electron chi connectivity index (χ1n) is 12.5. The molecule has 1 fully saturated rings. The summed E-state index contributed by atoms with van der Waals surface area (Å²) in [5, 5.41) is 3.70. The molecule has 2 amide bonds. The zero-order chi connectivity index (χ0) is 26.3. The van der Waals surface area contributed by atoms with E-state index in [2.05, 4.69) is 5.32 Å². The monoisotopic (exact) mass is 533 g/mol. The Morgan fingerprint density at radius 3 is 2.22 bits per heavy atom. The van der Waals surface area contributed by atoms with Crippen LogP contribution >= 0.6 is 11.6 Å². The fraction of sp³-hybridized carbons (Fsp3) is 0.481. The van der Waals surface area contributed by atoms with E-state index < -0.39 is 22.0 Å². The maximum Gasteiger partial charge on any atom is 0.243 e. The smallest absolute Gasteiger partial charge is 0.243 e. The first-order valence-corrected chi connectivity index (χ1v) is 14.3. The van der Waals surface area contributed by atoms with Gasteiger partial charge in [-0.05, 0) is 56.0 Å². The van der Waals surface area contributed by atoms with Crippen LogP contribution in [0.25, 0.3) is 0 Å². The number of halogens is 1. The molecule has 2 aromatic carbocycles. The van der Waals surface area contributed by atoms with E-state index in [1.54, 1.807) is 36.4 Å². The number of sulfonamides is 1. The highest BCUT2D eigenvalue weighted by atomic mass is 35.5. The van der Waals surface area contributed by atoms with Crippen molar-refractivity contribution in [1.82, 2.24) is 14.5 Å². The summed E-state index contributed by atoms with van der Waals surface area (Å²) in [6, 6.07) is 13.0. The average molecular weight is 534 g/mol. The summed E-state index contributed by atoms with van der Waals surface area (Å²) in [5.41, 5.74) is 1.75. The Hall–Kier alpha value is -2.42. The molecule has 1 N–H and O–H groups in total. The lowest BCUT2D eigenvalue weighted by Crippen LogP contribution is -2.53. The van der Waals surface area contributed by atoms with E-state index in [0.29, 0.717) is 11.4 Å². The molecule has 0 heterocycles. The van der Waals surface area contributed by atoms with Crippen LogP contribution < -0.4 is 5.32 Å². The summed E-state index contributed by atoms with van der Waals surface area (Å²) in [5.74, 6) is -0.635. The Kier molecular flexibility index (Phi) is 9.93. The molecule has 196 valence electrons. The number of nitrogens with zero attached hydrogens (tertiary/aromatic N) is 2. The van der Waals surface area contributed by atoms with Gasteiger partial charge in [-0.25, -0.2) is 8.42 Å². The standard InChI is InChI=1S/C27H36ClN3O4S/c1-4-25(27(33)29-23-8-6-5-7-9-23)31(18-21-12-14-22(28)15-13-21)26(32)19-30(3)36(34,35)24-16-10-20(2)11-17-24/h10-17,23,25H,4-9,18-19H2,1-3H3,(H,29,33). The molecule has 0 spiro atoms. The molecule has 36 heavy (non-hydrogen) atoms. The molecular weight excluding hydrogens is 498 g/mol. The third kappa shape index (κ3) is 7.31. The van der Waals surface area contributed by atoms with Crippen molar-refractivity contribution in [2.24, 2.45) is 0 Å². The van der Waals surface area contributed by atoms with Crippen LogP contribution in [0.15, 0.2) is 53.4 Å². The molecule has 0 saturated heterocycles. The minimum atomic E-state index is -3.87. The minimum absolute atomic E-state index is 0.109. The summed E-state index contributed by atoms with van der Waals surface area (Å²) in [6.07, 6.45) is 5.61. The largest absolute Gasteiger partial charge is 0.352 e. The maximum atomic E-state index is 13.6. The van der Waals surface area contributed by atoms with E-state index >= 15 is 0 Å². The Labute approximate surface area is 219 Å². The quantitative estimate of drug-likeness (QED) is 0.486. The first kappa shape index (κ1) is 28.2. The third-order valence-electron chi connectivity index (χ3n) is 6.69. The molecule has 0 radical (unpaired) electrons. The lowest BCUT2D eigenvalue weighted by atomic mass is 9.95. The Morgan fingerprint density at radius 1 is 1.03 bits per heavy atom. The van der Waals surface area contributed by atoms with Gasteiger partial charge in [0.2, 0.25) is 21.8 Å². The average Bonchev–Trinajstić information content (AvgIpc) is 2.86. The van der Waals surface area contributed by atoms with Crippen molar-refractivity contribution in [2.45, 2.75) is 75.9 Å². The van der Waals surface area contributed by atoms with Crippen LogP contribution in [-0.4, -0.2) is 55.1 Å². The van der Waals surface area contributed by atoms with Gasteiger partial charge in [0, 0.05) is 24.7 Å².